The summed E-state index contributed by atoms with van der Waals surface area (Å²) < 4.78 is 10.6. The number of methoxy groups -OCH3 is 1. The largest absolute Gasteiger partial charge is 0.469 e. The van der Waals surface area contributed by atoms with Crippen molar-refractivity contribution in [2.24, 2.45) is 0 Å². The fourth-order valence-electron chi connectivity index (χ4n) is 1.93. The Morgan fingerprint density at radius 2 is 2.35 bits per heavy atom. The van der Waals surface area contributed by atoms with Crippen LogP contribution in [0.15, 0.2) is 22.7 Å². The molecule has 0 radical (unpaired) electrons. The van der Waals surface area contributed by atoms with Crippen molar-refractivity contribution in [2.45, 2.75) is 18.8 Å². The highest BCUT2D eigenvalue weighted by atomic mass is 79.9. The molecule has 0 spiro atoms. The Hall–Kier alpha value is -1.36. The van der Waals surface area contributed by atoms with Gasteiger partial charge in [0, 0.05) is 16.0 Å². The first-order chi connectivity index (χ1) is 8.11. The predicted octanol–water partition coefficient (Wildman–Crippen LogP) is 2.40. The molecule has 1 heterocycles. The molecule has 1 aromatic rings. The summed E-state index contributed by atoms with van der Waals surface area (Å²) in [6.45, 7) is 0. The first kappa shape index (κ1) is 12.1. The Balaban J connectivity index is 2.36. The fraction of sp³-hybridized carbons (Fsp3) is 0.333. The number of halogens is 1. The number of esters is 2. The summed E-state index contributed by atoms with van der Waals surface area (Å²) in [7, 11) is 1.34. The van der Waals surface area contributed by atoms with Crippen LogP contribution in [0.2, 0.25) is 0 Å². The second kappa shape index (κ2) is 4.87. The zero-order valence-corrected chi connectivity index (χ0v) is 10.8. The lowest BCUT2D eigenvalue weighted by atomic mass is 9.90. The molecule has 90 valence electrons. The highest BCUT2D eigenvalue weighted by Crippen LogP contribution is 2.40. The van der Waals surface area contributed by atoms with Gasteiger partial charge < -0.3 is 9.47 Å². The van der Waals surface area contributed by atoms with E-state index in [1.54, 1.807) is 12.1 Å². The van der Waals surface area contributed by atoms with E-state index in [2.05, 4.69) is 20.7 Å². The fourth-order valence-corrected chi connectivity index (χ4v) is 2.60. The minimum Gasteiger partial charge on any atom is -0.469 e. The van der Waals surface area contributed by atoms with Gasteiger partial charge in [0.15, 0.2) is 0 Å². The Kier molecular flexibility index (Phi) is 3.47. The summed E-state index contributed by atoms with van der Waals surface area (Å²) in [6.07, 6.45) is 0.381. The van der Waals surface area contributed by atoms with Crippen molar-refractivity contribution >= 4 is 27.9 Å². The van der Waals surface area contributed by atoms with E-state index in [0.717, 1.165) is 10.0 Å². The van der Waals surface area contributed by atoms with Crippen LogP contribution < -0.4 is 4.74 Å². The van der Waals surface area contributed by atoms with Crippen molar-refractivity contribution in [2.75, 3.05) is 7.11 Å². The normalized spacial score (nSPS) is 18.2. The number of benzene rings is 1. The molecule has 0 saturated carbocycles. The van der Waals surface area contributed by atoms with Crippen molar-refractivity contribution in [1.29, 1.82) is 0 Å². The van der Waals surface area contributed by atoms with Crippen LogP contribution in [0.5, 0.6) is 5.75 Å². The van der Waals surface area contributed by atoms with Crippen LogP contribution in [0.4, 0.5) is 0 Å². The zero-order valence-electron chi connectivity index (χ0n) is 9.23. The third-order valence-corrected chi connectivity index (χ3v) is 3.39. The van der Waals surface area contributed by atoms with E-state index in [9.17, 15) is 9.59 Å². The minimum absolute atomic E-state index is 0.182. The molecule has 0 aliphatic carbocycles. The molecule has 1 aromatic carbocycles. The summed E-state index contributed by atoms with van der Waals surface area (Å²) in [5.74, 6) is -0.310. The molecule has 0 saturated heterocycles. The van der Waals surface area contributed by atoms with Gasteiger partial charge in [-0.1, -0.05) is 22.0 Å². The maximum Gasteiger partial charge on any atom is 0.311 e. The SMILES string of the molecule is COC(=O)C[C@@H]1CC(=O)Oc2cccc(Br)c21. The monoisotopic (exact) mass is 298 g/mol. The van der Waals surface area contributed by atoms with Crippen molar-refractivity contribution in [3.8, 4) is 5.75 Å². The van der Waals surface area contributed by atoms with Gasteiger partial charge in [0.2, 0.25) is 0 Å². The number of hydrogen-bond acceptors (Lipinski definition) is 4. The topological polar surface area (TPSA) is 52.6 Å². The molecular formula is C12H11BrO4. The average molecular weight is 299 g/mol. The van der Waals surface area contributed by atoms with Crippen LogP contribution in [0, 0.1) is 0 Å². The number of carbonyl (C=O) groups is 2. The third kappa shape index (κ3) is 2.49. The maximum atomic E-state index is 11.4. The minimum atomic E-state index is -0.327. The number of rotatable bonds is 2. The van der Waals surface area contributed by atoms with E-state index in [1.165, 1.54) is 7.11 Å². The molecule has 0 amide bonds. The van der Waals surface area contributed by atoms with Crippen LogP contribution in [0.1, 0.15) is 24.3 Å². The van der Waals surface area contributed by atoms with Crippen LogP contribution in [-0.2, 0) is 14.3 Å². The van der Waals surface area contributed by atoms with Crippen LogP contribution in [0.3, 0.4) is 0 Å². The Bertz CT molecular complexity index is 470. The molecule has 1 aliphatic rings. The van der Waals surface area contributed by atoms with E-state index in [4.69, 9.17) is 4.74 Å². The van der Waals surface area contributed by atoms with Crippen molar-refractivity contribution < 1.29 is 19.1 Å². The van der Waals surface area contributed by atoms with Gasteiger partial charge in [0.25, 0.3) is 0 Å². The third-order valence-electron chi connectivity index (χ3n) is 2.70. The smallest absolute Gasteiger partial charge is 0.311 e. The second-order valence-electron chi connectivity index (χ2n) is 3.81. The molecule has 5 heteroatoms. The van der Waals surface area contributed by atoms with Gasteiger partial charge in [-0.15, -0.1) is 0 Å². The van der Waals surface area contributed by atoms with E-state index in [0.29, 0.717) is 5.75 Å². The van der Waals surface area contributed by atoms with Crippen LogP contribution >= 0.6 is 15.9 Å². The maximum absolute atomic E-state index is 11.4. The summed E-state index contributed by atoms with van der Waals surface area (Å²) in [5, 5.41) is 0. The summed E-state index contributed by atoms with van der Waals surface area (Å²) >= 11 is 3.41. The van der Waals surface area contributed by atoms with Crippen LogP contribution in [0.25, 0.3) is 0 Å². The molecular weight excluding hydrogens is 288 g/mol. The Labute approximate surface area is 107 Å². The summed E-state index contributed by atoms with van der Waals surface area (Å²) in [5.41, 5.74) is 0.859. The number of ether oxygens (including phenoxy) is 2. The van der Waals surface area contributed by atoms with Gasteiger partial charge in [0.05, 0.1) is 20.0 Å². The highest BCUT2D eigenvalue weighted by molar-refractivity contribution is 9.10. The van der Waals surface area contributed by atoms with Crippen molar-refractivity contribution in [1.82, 2.24) is 0 Å². The lowest BCUT2D eigenvalue weighted by Gasteiger charge is -2.24. The van der Waals surface area contributed by atoms with Crippen LogP contribution in [-0.4, -0.2) is 19.0 Å². The molecule has 4 nitrogen and oxygen atoms in total. The standard InChI is InChI=1S/C12H11BrO4/c1-16-10(14)5-7-6-11(15)17-9-4-2-3-8(13)12(7)9/h2-4,7H,5-6H2,1H3/t7-/m1/s1. The summed E-state index contributed by atoms with van der Waals surface area (Å²) in [4.78, 5) is 22.7. The lowest BCUT2D eigenvalue weighted by molar-refractivity contribution is -0.142. The van der Waals surface area contributed by atoms with Gasteiger partial charge in [-0.05, 0) is 12.1 Å². The second-order valence-corrected chi connectivity index (χ2v) is 4.66. The molecule has 17 heavy (non-hydrogen) atoms. The molecule has 0 unspecified atom stereocenters. The van der Waals surface area contributed by atoms with Gasteiger partial charge in [0.1, 0.15) is 5.75 Å². The molecule has 0 aromatic heterocycles. The molecule has 1 atom stereocenters. The Morgan fingerprint density at radius 3 is 3.06 bits per heavy atom. The van der Waals surface area contributed by atoms with E-state index in [-0.39, 0.29) is 30.7 Å². The molecule has 2 rings (SSSR count). The number of fused-ring (bicyclic) bond motifs is 1. The predicted molar refractivity (Wildman–Crippen MR) is 63.8 cm³/mol. The molecule has 0 fully saturated rings. The highest BCUT2D eigenvalue weighted by Gasteiger charge is 2.30. The van der Waals surface area contributed by atoms with Crippen molar-refractivity contribution in [3.05, 3.63) is 28.2 Å². The van der Waals surface area contributed by atoms with E-state index in [1.807, 2.05) is 6.07 Å². The first-order valence-corrected chi connectivity index (χ1v) is 5.97. The zero-order chi connectivity index (χ0) is 12.4. The molecule has 0 bridgehead atoms. The number of hydrogen-bond donors (Lipinski definition) is 0. The summed E-state index contributed by atoms with van der Waals surface area (Å²) in [6, 6.07) is 5.38. The Morgan fingerprint density at radius 1 is 1.59 bits per heavy atom. The van der Waals surface area contributed by atoms with Gasteiger partial charge >= 0.3 is 11.9 Å². The molecule has 0 N–H and O–H groups in total. The molecule has 1 aliphatic heterocycles. The van der Waals surface area contributed by atoms with Gasteiger partial charge in [-0.25, -0.2) is 0 Å². The lowest BCUT2D eigenvalue weighted by Crippen LogP contribution is -2.22. The van der Waals surface area contributed by atoms with Gasteiger partial charge in [-0.2, -0.15) is 0 Å². The van der Waals surface area contributed by atoms with E-state index >= 15 is 0 Å². The quantitative estimate of drug-likeness (QED) is 0.621. The first-order valence-electron chi connectivity index (χ1n) is 5.17. The van der Waals surface area contributed by atoms with E-state index < -0.39 is 0 Å². The van der Waals surface area contributed by atoms with Crippen molar-refractivity contribution in [3.63, 3.8) is 0 Å². The average Bonchev–Trinajstić information content (AvgIpc) is 2.28. The number of carbonyl (C=O) groups excluding carboxylic acids is 2. The van der Waals surface area contributed by atoms with Gasteiger partial charge in [-0.3, -0.25) is 9.59 Å².